The second-order valence-corrected chi connectivity index (χ2v) is 5.20. The number of rotatable bonds is 9. The molecule has 0 aliphatic heterocycles. The third-order valence-electron chi connectivity index (χ3n) is 3.57. The van der Waals surface area contributed by atoms with Gasteiger partial charge in [-0.05, 0) is 24.3 Å². The zero-order valence-electron chi connectivity index (χ0n) is 15.6. The Morgan fingerprint density at radius 1 is 0.889 bits per heavy atom. The van der Waals surface area contributed by atoms with E-state index >= 15 is 0 Å². The van der Waals surface area contributed by atoms with E-state index in [1.54, 1.807) is 50.6 Å². The lowest BCUT2D eigenvalue weighted by Gasteiger charge is -2.12. The third kappa shape index (κ3) is 5.53. The van der Waals surface area contributed by atoms with Gasteiger partial charge >= 0.3 is 0 Å². The first-order valence-corrected chi connectivity index (χ1v) is 8.00. The van der Waals surface area contributed by atoms with Crippen LogP contribution in [-0.4, -0.2) is 47.2 Å². The van der Waals surface area contributed by atoms with Crippen LogP contribution in [0.1, 0.15) is 5.56 Å². The molecule has 0 aliphatic carbocycles. The molecule has 2 aromatic rings. The van der Waals surface area contributed by atoms with E-state index < -0.39 is 5.91 Å². The summed E-state index contributed by atoms with van der Waals surface area (Å²) in [5.74, 6) is 2.43. The highest BCUT2D eigenvalue weighted by Gasteiger charge is 2.11. The molecular formula is C19H22N2O6. The molecule has 1 amide bonds. The standard InChI is InChI=1S/C19H22N2O6/c1-23-13-5-7-14(8-6-13)27-12-19(22)21-20-11-16-17(25-3)9-15(24-2)10-18(16)26-4/h5-11H,12H2,1-4H3,(H,21,22)/b20-11+. The van der Waals surface area contributed by atoms with Crippen LogP contribution in [-0.2, 0) is 4.79 Å². The molecule has 144 valence electrons. The van der Waals surface area contributed by atoms with E-state index in [2.05, 4.69) is 10.5 Å². The maximum absolute atomic E-state index is 11.9. The Balaban J connectivity index is 1.96. The van der Waals surface area contributed by atoms with Gasteiger partial charge < -0.3 is 23.7 Å². The van der Waals surface area contributed by atoms with E-state index in [0.717, 1.165) is 0 Å². The van der Waals surface area contributed by atoms with Gasteiger partial charge in [0, 0.05) is 12.1 Å². The number of carbonyl (C=O) groups is 1. The fourth-order valence-electron chi connectivity index (χ4n) is 2.18. The summed E-state index contributed by atoms with van der Waals surface area (Å²) in [6.07, 6.45) is 1.43. The van der Waals surface area contributed by atoms with Gasteiger partial charge in [0.25, 0.3) is 5.91 Å². The van der Waals surface area contributed by atoms with E-state index in [4.69, 9.17) is 23.7 Å². The zero-order valence-corrected chi connectivity index (χ0v) is 15.6. The maximum Gasteiger partial charge on any atom is 0.277 e. The average Bonchev–Trinajstić information content (AvgIpc) is 2.72. The first kappa shape index (κ1) is 19.9. The quantitative estimate of drug-likeness (QED) is 0.535. The molecule has 2 aromatic carbocycles. The summed E-state index contributed by atoms with van der Waals surface area (Å²) in [5, 5.41) is 3.93. The fourth-order valence-corrected chi connectivity index (χ4v) is 2.18. The summed E-state index contributed by atoms with van der Waals surface area (Å²) in [7, 11) is 6.17. The minimum atomic E-state index is -0.409. The number of benzene rings is 2. The lowest BCUT2D eigenvalue weighted by molar-refractivity contribution is -0.123. The van der Waals surface area contributed by atoms with Crippen LogP contribution in [0.25, 0.3) is 0 Å². The molecule has 0 fully saturated rings. The van der Waals surface area contributed by atoms with Crippen molar-refractivity contribution in [3.05, 3.63) is 42.0 Å². The van der Waals surface area contributed by atoms with Crippen molar-refractivity contribution in [2.45, 2.75) is 0 Å². The summed E-state index contributed by atoms with van der Waals surface area (Å²) in [6.45, 7) is -0.180. The smallest absolute Gasteiger partial charge is 0.277 e. The Morgan fingerprint density at radius 2 is 1.44 bits per heavy atom. The molecule has 0 aliphatic rings. The van der Waals surface area contributed by atoms with Crippen LogP contribution in [0.2, 0.25) is 0 Å². The maximum atomic E-state index is 11.9. The van der Waals surface area contributed by atoms with Crippen LogP contribution in [0.5, 0.6) is 28.7 Å². The van der Waals surface area contributed by atoms with Gasteiger partial charge in [-0.1, -0.05) is 0 Å². The molecule has 8 heteroatoms. The molecule has 27 heavy (non-hydrogen) atoms. The van der Waals surface area contributed by atoms with Crippen molar-refractivity contribution in [3.63, 3.8) is 0 Å². The van der Waals surface area contributed by atoms with Gasteiger partial charge in [0.15, 0.2) is 6.61 Å². The van der Waals surface area contributed by atoms with E-state index in [1.165, 1.54) is 20.4 Å². The van der Waals surface area contributed by atoms with Crippen LogP contribution in [0.4, 0.5) is 0 Å². The Morgan fingerprint density at radius 3 is 1.96 bits per heavy atom. The van der Waals surface area contributed by atoms with E-state index in [0.29, 0.717) is 34.3 Å². The lowest BCUT2D eigenvalue weighted by Crippen LogP contribution is -2.24. The van der Waals surface area contributed by atoms with Gasteiger partial charge in [0.2, 0.25) is 0 Å². The highest BCUT2D eigenvalue weighted by atomic mass is 16.5. The van der Waals surface area contributed by atoms with Gasteiger partial charge in [0.05, 0.1) is 40.2 Å². The summed E-state index contributed by atoms with van der Waals surface area (Å²) in [5.41, 5.74) is 2.96. The summed E-state index contributed by atoms with van der Waals surface area (Å²) in [4.78, 5) is 11.9. The van der Waals surface area contributed by atoms with Gasteiger partial charge in [-0.15, -0.1) is 0 Å². The molecule has 0 bridgehead atoms. The van der Waals surface area contributed by atoms with Crippen molar-refractivity contribution in [2.75, 3.05) is 35.0 Å². The number of amides is 1. The topological polar surface area (TPSA) is 87.6 Å². The van der Waals surface area contributed by atoms with Crippen molar-refractivity contribution < 1.29 is 28.5 Å². The first-order chi connectivity index (χ1) is 13.1. The predicted octanol–water partition coefficient (Wildman–Crippen LogP) is 2.25. The van der Waals surface area contributed by atoms with Crippen molar-refractivity contribution >= 4 is 12.1 Å². The predicted molar refractivity (Wildman–Crippen MR) is 100 cm³/mol. The van der Waals surface area contributed by atoms with E-state index in [9.17, 15) is 4.79 Å². The zero-order chi connectivity index (χ0) is 19.6. The highest BCUT2D eigenvalue weighted by Crippen LogP contribution is 2.32. The molecule has 0 saturated carbocycles. The molecule has 0 atom stereocenters. The van der Waals surface area contributed by atoms with Crippen molar-refractivity contribution in [2.24, 2.45) is 5.10 Å². The van der Waals surface area contributed by atoms with E-state index in [1.807, 2.05) is 0 Å². The number of hydrogen-bond donors (Lipinski definition) is 1. The average molecular weight is 374 g/mol. The largest absolute Gasteiger partial charge is 0.497 e. The molecular weight excluding hydrogens is 352 g/mol. The Bertz CT molecular complexity index is 764. The fraction of sp³-hybridized carbons (Fsp3) is 0.263. The summed E-state index contributed by atoms with van der Waals surface area (Å²) < 4.78 is 26.3. The monoisotopic (exact) mass is 374 g/mol. The normalized spacial score (nSPS) is 10.4. The Hall–Kier alpha value is -3.42. The van der Waals surface area contributed by atoms with Crippen molar-refractivity contribution in [1.29, 1.82) is 0 Å². The van der Waals surface area contributed by atoms with Crippen LogP contribution >= 0.6 is 0 Å². The van der Waals surface area contributed by atoms with Crippen LogP contribution in [0.15, 0.2) is 41.5 Å². The number of methoxy groups -OCH3 is 4. The minimum absolute atomic E-state index is 0.180. The molecule has 2 rings (SSSR count). The Labute approximate surface area is 157 Å². The van der Waals surface area contributed by atoms with Gasteiger partial charge in [-0.25, -0.2) is 5.43 Å². The second-order valence-electron chi connectivity index (χ2n) is 5.20. The van der Waals surface area contributed by atoms with Crippen molar-refractivity contribution in [3.8, 4) is 28.7 Å². The number of hydrogen-bond acceptors (Lipinski definition) is 7. The molecule has 0 radical (unpaired) electrons. The molecule has 1 N–H and O–H groups in total. The molecule has 0 aromatic heterocycles. The number of hydrazone groups is 1. The minimum Gasteiger partial charge on any atom is -0.497 e. The first-order valence-electron chi connectivity index (χ1n) is 8.00. The van der Waals surface area contributed by atoms with Gasteiger partial charge in [0.1, 0.15) is 28.7 Å². The molecule has 0 saturated heterocycles. The third-order valence-corrected chi connectivity index (χ3v) is 3.57. The summed E-state index contributed by atoms with van der Waals surface area (Å²) in [6, 6.07) is 10.3. The number of nitrogens with zero attached hydrogens (tertiary/aromatic N) is 1. The van der Waals surface area contributed by atoms with Crippen molar-refractivity contribution in [1.82, 2.24) is 5.43 Å². The Kier molecular flexibility index (Phi) is 7.30. The van der Waals surface area contributed by atoms with E-state index in [-0.39, 0.29) is 6.61 Å². The number of carbonyl (C=O) groups excluding carboxylic acids is 1. The molecule has 0 unspecified atom stereocenters. The molecule has 0 heterocycles. The SMILES string of the molecule is COc1ccc(OCC(=O)N/N=C/c2c(OC)cc(OC)cc2OC)cc1. The number of ether oxygens (including phenoxy) is 5. The van der Waals surface area contributed by atoms with Crippen LogP contribution in [0.3, 0.4) is 0 Å². The molecule has 0 spiro atoms. The van der Waals surface area contributed by atoms with Crippen LogP contribution in [0, 0.1) is 0 Å². The van der Waals surface area contributed by atoms with Gasteiger partial charge in [-0.3, -0.25) is 4.79 Å². The lowest BCUT2D eigenvalue weighted by atomic mass is 10.2. The van der Waals surface area contributed by atoms with Crippen LogP contribution < -0.4 is 29.1 Å². The molecule has 8 nitrogen and oxygen atoms in total. The number of nitrogens with one attached hydrogen (secondary N) is 1. The summed E-state index contributed by atoms with van der Waals surface area (Å²) >= 11 is 0. The second kappa shape index (κ2) is 9.91. The van der Waals surface area contributed by atoms with Gasteiger partial charge in [-0.2, -0.15) is 5.10 Å². The highest BCUT2D eigenvalue weighted by molar-refractivity contribution is 5.89.